The fraction of sp³-hybridized carbons (Fsp3) is 0.429. The molecule has 0 fully saturated rings. The van der Waals surface area contributed by atoms with Crippen molar-refractivity contribution in [1.29, 1.82) is 0 Å². The van der Waals surface area contributed by atoms with Crippen LogP contribution in [0.2, 0.25) is 0 Å². The number of hydrogen-bond acceptors (Lipinski definition) is 4. The molecule has 1 heterocycles. The van der Waals surface area contributed by atoms with Gasteiger partial charge in [0.15, 0.2) is 0 Å². The van der Waals surface area contributed by atoms with Crippen molar-refractivity contribution in [3.8, 4) is 0 Å². The van der Waals surface area contributed by atoms with E-state index in [0.717, 1.165) is 6.42 Å². The van der Waals surface area contributed by atoms with E-state index in [1.807, 2.05) is 6.92 Å². The number of H-pyrrole nitrogens is 1. The van der Waals surface area contributed by atoms with Crippen LogP contribution in [0.4, 0.5) is 5.69 Å². The van der Waals surface area contributed by atoms with Gasteiger partial charge in [0.1, 0.15) is 4.90 Å². The van der Waals surface area contributed by atoms with Crippen molar-refractivity contribution in [2.75, 3.05) is 12.3 Å². The van der Waals surface area contributed by atoms with E-state index in [4.69, 9.17) is 5.73 Å². The van der Waals surface area contributed by atoms with E-state index < -0.39 is 15.6 Å². The first-order valence-corrected chi connectivity index (χ1v) is 8.32. The fourth-order valence-corrected chi connectivity index (χ4v) is 3.63. The number of fused-ring (bicyclic) bond motifs is 1. The van der Waals surface area contributed by atoms with Gasteiger partial charge in [-0.25, -0.2) is 13.1 Å². The van der Waals surface area contributed by atoms with Crippen LogP contribution in [0, 0.1) is 0 Å². The second-order valence-corrected chi connectivity index (χ2v) is 7.26. The number of anilines is 1. The van der Waals surface area contributed by atoms with Crippen LogP contribution in [0.15, 0.2) is 29.3 Å². The van der Waals surface area contributed by atoms with E-state index in [2.05, 4.69) is 9.71 Å². The molecule has 0 aliphatic rings. The molecule has 0 spiro atoms. The number of aliphatic hydroxyl groups is 1. The number of nitrogen functional groups attached to an aromatic ring is 1. The topological polar surface area (TPSA) is 108 Å². The third kappa shape index (κ3) is 3.55. The Morgan fingerprint density at radius 2 is 2.14 bits per heavy atom. The summed E-state index contributed by atoms with van der Waals surface area (Å²) in [7, 11) is -3.69. The summed E-state index contributed by atoms with van der Waals surface area (Å²) in [6.07, 6.45) is 2.74. The fourth-order valence-electron chi connectivity index (χ4n) is 2.29. The van der Waals surface area contributed by atoms with Crippen LogP contribution in [-0.2, 0) is 10.0 Å². The second kappa shape index (κ2) is 5.67. The molecule has 0 radical (unpaired) electrons. The van der Waals surface area contributed by atoms with E-state index in [-0.39, 0.29) is 11.4 Å². The van der Waals surface area contributed by atoms with Gasteiger partial charge in [0, 0.05) is 29.3 Å². The Bertz CT molecular complexity index is 735. The summed E-state index contributed by atoms with van der Waals surface area (Å²) in [6.45, 7) is 3.53. The molecule has 21 heavy (non-hydrogen) atoms. The average molecular weight is 311 g/mol. The molecule has 116 valence electrons. The average Bonchev–Trinajstić information content (AvgIpc) is 2.80. The summed E-state index contributed by atoms with van der Waals surface area (Å²) in [5.41, 5.74) is 5.84. The zero-order chi connectivity index (χ0) is 15.7. The molecule has 0 amide bonds. The summed E-state index contributed by atoms with van der Waals surface area (Å²) in [5, 5.41) is 10.6. The van der Waals surface area contributed by atoms with Crippen molar-refractivity contribution < 1.29 is 13.5 Å². The van der Waals surface area contributed by atoms with Crippen molar-refractivity contribution in [2.24, 2.45) is 0 Å². The molecule has 1 unspecified atom stereocenters. The highest BCUT2D eigenvalue weighted by atomic mass is 32.2. The third-order valence-corrected chi connectivity index (χ3v) is 4.83. The lowest BCUT2D eigenvalue weighted by molar-refractivity contribution is 0.0554. The van der Waals surface area contributed by atoms with Crippen LogP contribution in [0.3, 0.4) is 0 Å². The number of aromatic amines is 1. The molecule has 2 aromatic rings. The summed E-state index contributed by atoms with van der Waals surface area (Å²) in [5.74, 6) is 0. The summed E-state index contributed by atoms with van der Waals surface area (Å²) in [6, 6.07) is 5.00. The maximum absolute atomic E-state index is 12.4. The molecule has 1 aromatic carbocycles. The molecule has 2 rings (SSSR count). The number of rotatable bonds is 6. The maximum Gasteiger partial charge on any atom is 0.242 e. The Kier molecular flexibility index (Phi) is 4.27. The van der Waals surface area contributed by atoms with E-state index >= 15 is 0 Å². The first kappa shape index (κ1) is 15.8. The van der Waals surface area contributed by atoms with Gasteiger partial charge < -0.3 is 15.8 Å². The summed E-state index contributed by atoms with van der Waals surface area (Å²) >= 11 is 0. The molecule has 0 aliphatic heterocycles. The van der Waals surface area contributed by atoms with Crippen LogP contribution in [0.25, 0.3) is 10.9 Å². The lowest BCUT2D eigenvalue weighted by atomic mass is 10.0. The number of hydrogen-bond donors (Lipinski definition) is 4. The zero-order valence-corrected chi connectivity index (χ0v) is 13.0. The Morgan fingerprint density at radius 1 is 1.43 bits per heavy atom. The Morgan fingerprint density at radius 3 is 2.81 bits per heavy atom. The first-order chi connectivity index (χ1) is 9.75. The molecule has 1 atom stereocenters. The number of aromatic nitrogens is 1. The Labute approximate surface area is 124 Å². The lowest BCUT2D eigenvalue weighted by Crippen LogP contribution is -2.40. The normalized spacial score (nSPS) is 15.2. The quantitative estimate of drug-likeness (QED) is 0.607. The molecular formula is C14H21N3O3S. The monoisotopic (exact) mass is 311 g/mol. The SMILES string of the molecule is CCCC(C)(O)CNS(=O)(=O)c1c[nH]c2cc(N)ccc12. The largest absolute Gasteiger partial charge is 0.399 e. The number of sulfonamides is 1. The molecule has 6 nitrogen and oxygen atoms in total. The van der Waals surface area contributed by atoms with Crippen LogP contribution >= 0.6 is 0 Å². The minimum atomic E-state index is -3.69. The van der Waals surface area contributed by atoms with Gasteiger partial charge in [-0.1, -0.05) is 13.3 Å². The molecule has 5 N–H and O–H groups in total. The minimum Gasteiger partial charge on any atom is -0.399 e. The molecule has 0 aliphatic carbocycles. The minimum absolute atomic E-state index is 0.0230. The predicted octanol–water partition coefficient (Wildman–Crippen LogP) is 1.58. The zero-order valence-electron chi connectivity index (χ0n) is 12.2. The summed E-state index contributed by atoms with van der Waals surface area (Å²) < 4.78 is 27.2. The molecule has 0 saturated carbocycles. The summed E-state index contributed by atoms with van der Waals surface area (Å²) in [4.78, 5) is 3.05. The van der Waals surface area contributed by atoms with Gasteiger partial charge in [-0.2, -0.15) is 0 Å². The Hall–Kier alpha value is -1.57. The van der Waals surface area contributed by atoms with Gasteiger partial charge in [0.25, 0.3) is 0 Å². The first-order valence-electron chi connectivity index (χ1n) is 6.84. The van der Waals surface area contributed by atoms with Gasteiger partial charge in [0.2, 0.25) is 10.0 Å². The maximum atomic E-state index is 12.4. The number of nitrogens with one attached hydrogen (secondary N) is 2. The second-order valence-electron chi connectivity index (χ2n) is 5.53. The van der Waals surface area contributed by atoms with Crippen molar-refractivity contribution >= 4 is 26.6 Å². The number of benzene rings is 1. The van der Waals surface area contributed by atoms with Crippen molar-refractivity contribution in [3.05, 3.63) is 24.4 Å². The highest BCUT2D eigenvalue weighted by molar-refractivity contribution is 7.89. The predicted molar refractivity (Wildman–Crippen MR) is 83.4 cm³/mol. The van der Waals surface area contributed by atoms with Crippen LogP contribution in [-0.4, -0.2) is 30.7 Å². The Balaban J connectivity index is 2.26. The molecule has 0 bridgehead atoms. The van der Waals surface area contributed by atoms with Gasteiger partial charge in [0.05, 0.1) is 5.60 Å². The molecule has 7 heteroatoms. The van der Waals surface area contributed by atoms with Crippen LogP contribution in [0.5, 0.6) is 0 Å². The van der Waals surface area contributed by atoms with Gasteiger partial charge in [-0.3, -0.25) is 0 Å². The number of nitrogens with two attached hydrogens (primary N) is 1. The van der Waals surface area contributed by atoms with E-state index in [0.29, 0.717) is 23.0 Å². The van der Waals surface area contributed by atoms with Gasteiger partial charge in [-0.15, -0.1) is 0 Å². The smallest absolute Gasteiger partial charge is 0.242 e. The standard InChI is InChI=1S/C14H21N3O3S/c1-3-6-14(2,18)9-17-21(19,20)13-8-16-12-7-10(15)4-5-11(12)13/h4-5,7-8,16-18H,3,6,9,15H2,1-2H3. The molecular weight excluding hydrogens is 290 g/mol. The van der Waals surface area contributed by atoms with Gasteiger partial charge >= 0.3 is 0 Å². The van der Waals surface area contributed by atoms with Gasteiger partial charge in [-0.05, 0) is 31.5 Å². The highest BCUT2D eigenvalue weighted by Gasteiger charge is 2.25. The highest BCUT2D eigenvalue weighted by Crippen LogP contribution is 2.24. The van der Waals surface area contributed by atoms with Crippen LogP contribution < -0.4 is 10.5 Å². The molecule has 1 aromatic heterocycles. The van der Waals surface area contributed by atoms with E-state index in [1.165, 1.54) is 6.20 Å². The van der Waals surface area contributed by atoms with Crippen molar-refractivity contribution in [3.63, 3.8) is 0 Å². The van der Waals surface area contributed by atoms with E-state index in [9.17, 15) is 13.5 Å². The van der Waals surface area contributed by atoms with E-state index in [1.54, 1.807) is 25.1 Å². The molecule has 0 saturated heterocycles. The lowest BCUT2D eigenvalue weighted by Gasteiger charge is -2.22. The van der Waals surface area contributed by atoms with Crippen molar-refractivity contribution in [2.45, 2.75) is 37.2 Å². The van der Waals surface area contributed by atoms with Crippen molar-refractivity contribution in [1.82, 2.24) is 9.71 Å². The third-order valence-electron chi connectivity index (χ3n) is 3.39. The van der Waals surface area contributed by atoms with Crippen LogP contribution in [0.1, 0.15) is 26.7 Å².